The Hall–Kier alpha value is -0.790. The zero-order valence-electron chi connectivity index (χ0n) is 12.0. The highest BCUT2D eigenvalue weighted by atomic mass is 35.5. The van der Waals surface area contributed by atoms with E-state index < -0.39 is 0 Å². The quantitative estimate of drug-likeness (QED) is 0.750. The number of likely N-dealkylation sites (N-methyl/N-ethyl adjacent to an activating group) is 1. The van der Waals surface area contributed by atoms with Crippen molar-refractivity contribution in [3.63, 3.8) is 0 Å². The first-order valence-corrected chi connectivity index (χ1v) is 7.72. The molecule has 0 saturated carbocycles. The highest BCUT2D eigenvalue weighted by molar-refractivity contribution is 6.31. The maximum atomic E-state index is 6.26. The van der Waals surface area contributed by atoms with Crippen molar-refractivity contribution in [3.05, 3.63) is 46.0 Å². The molecule has 1 atom stereocenters. The Morgan fingerprint density at radius 1 is 1.16 bits per heavy atom. The Morgan fingerprint density at radius 3 is 2.68 bits per heavy atom. The minimum atomic E-state index is 0.316. The lowest BCUT2D eigenvalue weighted by Gasteiger charge is -2.23. The summed E-state index contributed by atoms with van der Waals surface area (Å²) in [4.78, 5) is 0. The van der Waals surface area contributed by atoms with Crippen LogP contribution in [0.4, 0.5) is 0 Å². The third kappa shape index (κ3) is 3.84. The molecule has 0 saturated heterocycles. The Bertz CT molecular complexity index is 451. The summed E-state index contributed by atoms with van der Waals surface area (Å²) in [5, 5.41) is 4.32. The predicted octanol–water partition coefficient (Wildman–Crippen LogP) is 5.19. The molecule has 0 aliphatic heterocycles. The fraction of sp³-hybridized carbons (Fsp3) is 0.529. The van der Waals surface area contributed by atoms with Crippen molar-refractivity contribution in [1.29, 1.82) is 0 Å². The zero-order valence-corrected chi connectivity index (χ0v) is 12.8. The number of nitrogens with one attached hydrogen (secondary N) is 1. The lowest BCUT2D eigenvalue weighted by molar-refractivity contribution is 0.574. The second-order valence-corrected chi connectivity index (χ2v) is 5.87. The van der Waals surface area contributed by atoms with E-state index in [9.17, 15) is 0 Å². The van der Waals surface area contributed by atoms with Gasteiger partial charge in [-0.25, -0.2) is 0 Å². The molecule has 1 unspecified atom stereocenters. The van der Waals surface area contributed by atoms with Gasteiger partial charge >= 0.3 is 0 Å². The van der Waals surface area contributed by atoms with Crippen molar-refractivity contribution >= 4 is 11.6 Å². The number of aryl methyl sites for hydroxylation is 1. The average Bonchev–Trinajstić information content (AvgIpc) is 2.36. The van der Waals surface area contributed by atoms with Crippen molar-refractivity contribution in [2.75, 3.05) is 7.05 Å². The van der Waals surface area contributed by atoms with Gasteiger partial charge in [-0.2, -0.15) is 0 Å². The first-order valence-electron chi connectivity index (χ1n) is 7.34. The molecule has 2 rings (SSSR count). The average molecular weight is 278 g/mol. The molecule has 1 aromatic carbocycles. The molecule has 2 heteroatoms. The fourth-order valence-corrected chi connectivity index (χ4v) is 3.02. The second kappa shape index (κ2) is 7.12. The summed E-state index contributed by atoms with van der Waals surface area (Å²) < 4.78 is 0. The van der Waals surface area contributed by atoms with E-state index in [4.69, 9.17) is 11.6 Å². The molecule has 1 N–H and O–H groups in total. The fourth-order valence-electron chi connectivity index (χ4n) is 2.83. The van der Waals surface area contributed by atoms with E-state index in [0.29, 0.717) is 6.04 Å². The third-order valence-electron chi connectivity index (χ3n) is 4.01. The normalized spacial score (nSPS) is 21.1. The van der Waals surface area contributed by atoms with E-state index >= 15 is 0 Å². The lowest BCUT2D eigenvalue weighted by Crippen LogP contribution is -2.19. The van der Waals surface area contributed by atoms with Gasteiger partial charge in [0.1, 0.15) is 0 Å². The molecule has 1 aliphatic carbocycles. The Kier molecular flexibility index (Phi) is 5.47. The van der Waals surface area contributed by atoms with Crippen molar-refractivity contribution in [2.24, 2.45) is 0 Å². The van der Waals surface area contributed by atoms with Crippen LogP contribution in [0.3, 0.4) is 0 Å². The van der Waals surface area contributed by atoms with E-state index in [-0.39, 0.29) is 0 Å². The molecule has 0 spiro atoms. The van der Waals surface area contributed by atoms with Gasteiger partial charge in [0.15, 0.2) is 0 Å². The molecule has 1 aromatic rings. The smallest absolute Gasteiger partial charge is 0.0534 e. The van der Waals surface area contributed by atoms with Crippen LogP contribution in [0.2, 0.25) is 5.02 Å². The molecule has 0 heterocycles. The van der Waals surface area contributed by atoms with E-state index in [0.717, 1.165) is 10.6 Å². The van der Waals surface area contributed by atoms with Crippen molar-refractivity contribution in [1.82, 2.24) is 5.32 Å². The summed E-state index contributed by atoms with van der Waals surface area (Å²) >= 11 is 6.26. The molecule has 19 heavy (non-hydrogen) atoms. The highest BCUT2D eigenvalue weighted by Crippen LogP contribution is 2.30. The van der Waals surface area contributed by atoms with Crippen LogP contribution in [0.15, 0.2) is 29.8 Å². The van der Waals surface area contributed by atoms with Crippen LogP contribution in [0, 0.1) is 6.92 Å². The molecule has 1 aliphatic rings. The summed E-state index contributed by atoms with van der Waals surface area (Å²) in [7, 11) is 2.04. The number of halogens is 1. The van der Waals surface area contributed by atoms with Gasteiger partial charge in [0, 0.05) is 5.02 Å². The van der Waals surface area contributed by atoms with Gasteiger partial charge in [-0.3, -0.25) is 0 Å². The van der Waals surface area contributed by atoms with Crippen LogP contribution in [-0.4, -0.2) is 7.05 Å². The third-order valence-corrected chi connectivity index (χ3v) is 4.42. The van der Waals surface area contributed by atoms with Crippen LogP contribution in [-0.2, 0) is 0 Å². The topological polar surface area (TPSA) is 12.0 Å². The monoisotopic (exact) mass is 277 g/mol. The van der Waals surface area contributed by atoms with Gasteiger partial charge in [0.2, 0.25) is 0 Å². The van der Waals surface area contributed by atoms with Gasteiger partial charge in [-0.05, 0) is 56.8 Å². The SMILES string of the molecule is CNC(/C1=C/CCCCCC1)c1ccc(C)c(Cl)c1. The van der Waals surface area contributed by atoms with Crippen LogP contribution < -0.4 is 5.32 Å². The minimum absolute atomic E-state index is 0.316. The predicted molar refractivity (Wildman–Crippen MR) is 83.8 cm³/mol. The standard InChI is InChI=1S/C17H24ClN/c1-13-10-11-15(12-16(13)18)17(19-2)14-8-6-4-3-5-7-9-14/h8,10-12,17,19H,3-7,9H2,1-2H3/b14-8+. The van der Waals surface area contributed by atoms with Gasteiger partial charge in [0.25, 0.3) is 0 Å². The van der Waals surface area contributed by atoms with E-state index in [2.05, 4.69) is 36.5 Å². The van der Waals surface area contributed by atoms with Crippen molar-refractivity contribution < 1.29 is 0 Å². The first kappa shape index (κ1) is 14.6. The Balaban J connectivity index is 2.24. The van der Waals surface area contributed by atoms with Gasteiger partial charge < -0.3 is 5.32 Å². The number of allylic oxidation sites excluding steroid dienone is 1. The van der Waals surface area contributed by atoms with Gasteiger partial charge in [-0.15, -0.1) is 0 Å². The molecule has 0 bridgehead atoms. The zero-order chi connectivity index (χ0) is 13.7. The molecule has 0 amide bonds. The summed E-state index contributed by atoms with van der Waals surface area (Å²) in [5.41, 5.74) is 3.96. The molecule has 0 fully saturated rings. The number of benzene rings is 1. The van der Waals surface area contributed by atoms with E-state index in [1.807, 2.05) is 7.05 Å². The van der Waals surface area contributed by atoms with Gasteiger partial charge in [0.05, 0.1) is 6.04 Å². The highest BCUT2D eigenvalue weighted by Gasteiger charge is 2.16. The van der Waals surface area contributed by atoms with Crippen LogP contribution >= 0.6 is 11.6 Å². The molecule has 1 nitrogen and oxygen atoms in total. The van der Waals surface area contributed by atoms with Crippen molar-refractivity contribution in [3.8, 4) is 0 Å². The van der Waals surface area contributed by atoms with E-state index in [1.165, 1.54) is 49.7 Å². The summed E-state index contributed by atoms with van der Waals surface area (Å²) in [5.74, 6) is 0. The van der Waals surface area contributed by atoms with Crippen molar-refractivity contribution in [2.45, 2.75) is 51.5 Å². The molecule has 104 valence electrons. The summed E-state index contributed by atoms with van der Waals surface area (Å²) in [6.45, 7) is 2.05. The lowest BCUT2D eigenvalue weighted by atomic mass is 9.91. The maximum absolute atomic E-state index is 6.26. The maximum Gasteiger partial charge on any atom is 0.0534 e. The molecular weight excluding hydrogens is 254 g/mol. The molecular formula is C17H24ClN. The number of hydrogen-bond acceptors (Lipinski definition) is 1. The van der Waals surface area contributed by atoms with Gasteiger partial charge in [-0.1, -0.05) is 48.2 Å². The summed E-state index contributed by atoms with van der Waals surface area (Å²) in [6, 6.07) is 6.74. The molecule has 0 radical (unpaired) electrons. The minimum Gasteiger partial charge on any atom is -0.310 e. The molecule has 0 aromatic heterocycles. The largest absolute Gasteiger partial charge is 0.310 e. The van der Waals surface area contributed by atoms with E-state index in [1.54, 1.807) is 0 Å². The Labute approximate surface area is 122 Å². The van der Waals surface area contributed by atoms with Crippen LogP contribution in [0.5, 0.6) is 0 Å². The second-order valence-electron chi connectivity index (χ2n) is 5.46. The van der Waals surface area contributed by atoms with Crippen LogP contribution in [0.1, 0.15) is 55.7 Å². The Morgan fingerprint density at radius 2 is 1.95 bits per heavy atom. The first-order chi connectivity index (χ1) is 9.22. The number of rotatable bonds is 3. The number of hydrogen-bond donors (Lipinski definition) is 1. The van der Waals surface area contributed by atoms with Crippen LogP contribution in [0.25, 0.3) is 0 Å². The summed E-state index contributed by atoms with van der Waals surface area (Å²) in [6.07, 6.45) is 10.2.